The molecule has 9 nitrogen and oxygen atoms in total. The molecule has 0 unspecified atom stereocenters. The highest BCUT2D eigenvalue weighted by atomic mass is 19.3. The molecule has 0 aliphatic heterocycles. The van der Waals surface area contributed by atoms with E-state index in [0.29, 0.717) is 22.6 Å². The van der Waals surface area contributed by atoms with Crippen LogP contribution in [0.5, 0.6) is 0 Å². The van der Waals surface area contributed by atoms with E-state index in [1.165, 1.54) is 12.8 Å². The average Bonchev–Trinajstić information content (AvgIpc) is 3.64. The molecule has 3 aromatic heterocycles. The normalized spacial score (nSPS) is 17.4. The van der Waals surface area contributed by atoms with Crippen LogP contribution in [0.25, 0.3) is 11.1 Å². The SMILES string of the molecule is Cc1n[nH]c(C)c1-c1ccc(NC(=O)[C@@H](NC(=O)c2ccnn2C(C)C)C(C2CCCCC2)C2CCCCC2)nc1C(F)F. The zero-order valence-electron chi connectivity index (χ0n) is 26.2. The van der Waals surface area contributed by atoms with E-state index in [9.17, 15) is 18.4 Å². The molecule has 2 aliphatic carbocycles. The maximum Gasteiger partial charge on any atom is 0.281 e. The number of carbonyl (C=O) groups is 2. The van der Waals surface area contributed by atoms with Gasteiger partial charge in [-0.25, -0.2) is 13.8 Å². The maximum atomic E-state index is 14.3. The van der Waals surface area contributed by atoms with E-state index in [1.54, 1.807) is 42.9 Å². The third kappa shape index (κ3) is 6.86. The smallest absolute Gasteiger partial charge is 0.281 e. The Morgan fingerprint density at radius 3 is 2.14 bits per heavy atom. The average molecular weight is 610 g/mol. The summed E-state index contributed by atoms with van der Waals surface area (Å²) in [5.41, 5.74) is 2.07. The van der Waals surface area contributed by atoms with Crippen LogP contribution < -0.4 is 10.6 Å². The maximum absolute atomic E-state index is 14.3. The zero-order chi connectivity index (χ0) is 31.4. The third-order valence-electron chi connectivity index (χ3n) is 9.51. The van der Waals surface area contributed by atoms with E-state index in [4.69, 9.17) is 0 Å². The van der Waals surface area contributed by atoms with Crippen LogP contribution >= 0.6 is 0 Å². The number of anilines is 1. The summed E-state index contributed by atoms with van der Waals surface area (Å²) < 4.78 is 30.3. The summed E-state index contributed by atoms with van der Waals surface area (Å²) in [6.07, 6.45) is 9.52. The fraction of sp³-hybridized carbons (Fsp3) is 0.606. The number of hydrogen-bond acceptors (Lipinski definition) is 5. The van der Waals surface area contributed by atoms with Gasteiger partial charge in [0, 0.05) is 29.1 Å². The summed E-state index contributed by atoms with van der Waals surface area (Å²) in [6, 6.07) is 3.88. The lowest BCUT2D eigenvalue weighted by molar-refractivity contribution is -0.121. The van der Waals surface area contributed by atoms with E-state index in [0.717, 1.165) is 51.4 Å². The molecule has 238 valence electrons. The summed E-state index contributed by atoms with van der Waals surface area (Å²) in [5, 5.41) is 17.3. The first-order valence-corrected chi connectivity index (χ1v) is 16.1. The lowest BCUT2D eigenvalue weighted by atomic mass is 9.66. The van der Waals surface area contributed by atoms with Gasteiger partial charge in [0.2, 0.25) is 5.91 Å². The molecule has 0 saturated heterocycles. The number of nitrogens with one attached hydrogen (secondary N) is 3. The number of amides is 2. The fourth-order valence-corrected chi connectivity index (χ4v) is 7.50. The van der Waals surface area contributed by atoms with E-state index >= 15 is 0 Å². The van der Waals surface area contributed by atoms with Crippen molar-refractivity contribution in [2.24, 2.45) is 17.8 Å². The van der Waals surface area contributed by atoms with Crippen molar-refractivity contribution in [3.63, 3.8) is 0 Å². The molecular weight excluding hydrogens is 564 g/mol. The number of halogens is 2. The Kier molecular flexibility index (Phi) is 10.1. The summed E-state index contributed by atoms with van der Waals surface area (Å²) in [5.74, 6) is -0.249. The minimum atomic E-state index is -2.86. The van der Waals surface area contributed by atoms with E-state index in [-0.39, 0.29) is 41.1 Å². The van der Waals surface area contributed by atoms with E-state index in [1.807, 2.05) is 13.8 Å². The number of aryl methyl sites for hydroxylation is 2. The molecule has 0 spiro atoms. The van der Waals surface area contributed by atoms with Crippen molar-refractivity contribution in [1.82, 2.24) is 30.3 Å². The van der Waals surface area contributed by atoms with Crippen molar-refractivity contribution in [1.29, 1.82) is 0 Å². The Labute approximate surface area is 258 Å². The number of nitrogens with zero attached hydrogens (tertiary/aromatic N) is 4. The second-order valence-corrected chi connectivity index (χ2v) is 12.8. The summed E-state index contributed by atoms with van der Waals surface area (Å²) >= 11 is 0. The molecule has 2 fully saturated rings. The van der Waals surface area contributed by atoms with Crippen LogP contribution in [-0.2, 0) is 4.79 Å². The fourth-order valence-electron chi connectivity index (χ4n) is 7.50. The number of rotatable bonds is 10. The van der Waals surface area contributed by atoms with Gasteiger partial charge in [-0.2, -0.15) is 10.2 Å². The Balaban J connectivity index is 1.50. The van der Waals surface area contributed by atoms with Crippen LogP contribution in [0.1, 0.15) is 118 Å². The highest BCUT2D eigenvalue weighted by Crippen LogP contribution is 2.42. The molecule has 0 aromatic carbocycles. The van der Waals surface area contributed by atoms with Crippen LogP contribution in [0.4, 0.5) is 14.6 Å². The summed E-state index contributed by atoms with van der Waals surface area (Å²) in [7, 11) is 0. The predicted octanol–water partition coefficient (Wildman–Crippen LogP) is 7.32. The van der Waals surface area contributed by atoms with Crippen LogP contribution in [0.3, 0.4) is 0 Å². The first-order chi connectivity index (χ1) is 21.2. The number of H-pyrrole nitrogens is 1. The van der Waals surface area contributed by atoms with Crippen molar-refractivity contribution in [3.8, 4) is 11.1 Å². The Morgan fingerprint density at radius 2 is 1.59 bits per heavy atom. The summed E-state index contributed by atoms with van der Waals surface area (Å²) in [4.78, 5) is 32.3. The quantitative estimate of drug-likeness (QED) is 0.223. The molecule has 2 amide bonds. The Hall–Kier alpha value is -3.63. The second kappa shape index (κ2) is 14.0. The van der Waals surface area contributed by atoms with Crippen LogP contribution in [-0.4, -0.2) is 42.8 Å². The number of hydrogen-bond donors (Lipinski definition) is 3. The molecule has 1 atom stereocenters. The van der Waals surface area contributed by atoms with Crippen LogP contribution in [0.2, 0.25) is 0 Å². The minimum Gasteiger partial charge on any atom is -0.339 e. The van der Waals surface area contributed by atoms with Crippen LogP contribution in [0, 0.1) is 31.6 Å². The molecule has 5 rings (SSSR count). The van der Waals surface area contributed by atoms with Crippen molar-refractivity contribution < 1.29 is 18.4 Å². The molecule has 0 bridgehead atoms. The first kappa shape index (κ1) is 31.8. The van der Waals surface area contributed by atoms with Gasteiger partial charge in [-0.3, -0.25) is 19.4 Å². The summed E-state index contributed by atoms with van der Waals surface area (Å²) in [6.45, 7) is 7.42. The van der Waals surface area contributed by atoms with Gasteiger partial charge in [0.05, 0.1) is 5.69 Å². The number of aromatic amines is 1. The van der Waals surface area contributed by atoms with Crippen molar-refractivity contribution in [2.75, 3.05) is 5.32 Å². The monoisotopic (exact) mass is 609 g/mol. The van der Waals surface area contributed by atoms with Gasteiger partial charge in [-0.05, 0) is 63.6 Å². The van der Waals surface area contributed by atoms with Crippen molar-refractivity contribution >= 4 is 17.6 Å². The molecule has 44 heavy (non-hydrogen) atoms. The van der Waals surface area contributed by atoms with Crippen LogP contribution in [0.15, 0.2) is 24.4 Å². The largest absolute Gasteiger partial charge is 0.339 e. The van der Waals surface area contributed by atoms with Crippen molar-refractivity contribution in [2.45, 2.75) is 110 Å². The van der Waals surface area contributed by atoms with Gasteiger partial charge in [0.15, 0.2) is 0 Å². The number of alkyl halides is 2. The van der Waals surface area contributed by atoms with Gasteiger partial charge >= 0.3 is 0 Å². The molecule has 3 heterocycles. The highest BCUT2D eigenvalue weighted by molar-refractivity contribution is 6.00. The highest BCUT2D eigenvalue weighted by Gasteiger charge is 2.41. The standard InChI is InChI=1S/C33H45F2N7O2/c1-19(2)42-25(17-18-36-42)32(43)39-30(28(22-11-7-5-8-12-22)23-13-9-6-10-14-23)33(44)38-26-16-15-24(29(37-26)31(34)35)27-20(3)40-41-21(27)4/h15-19,22-23,28,30-31H,5-14H2,1-4H3,(H,39,43)(H,40,41)(H,37,38,44)/t30-/m0/s1. The Morgan fingerprint density at radius 1 is 0.955 bits per heavy atom. The minimum absolute atomic E-state index is 0.0327. The van der Waals surface area contributed by atoms with Gasteiger partial charge in [-0.15, -0.1) is 0 Å². The molecule has 2 aliphatic rings. The van der Waals surface area contributed by atoms with Gasteiger partial charge in [-0.1, -0.05) is 64.2 Å². The molecule has 11 heteroatoms. The molecule has 0 radical (unpaired) electrons. The molecule has 3 aromatic rings. The zero-order valence-corrected chi connectivity index (χ0v) is 26.2. The molecule has 2 saturated carbocycles. The van der Waals surface area contributed by atoms with E-state index < -0.39 is 24.1 Å². The first-order valence-electron chi connectivity index (χ1n) is 16.1. The van der Waals surface area contributed by atoms with Gasteiger partial charge in [0.25, 0.3) is 12.3 Å². The van der Waals surface area contributed by atoms with Gasteiger partial charge in [0.1, 0.15) is 23.2 Å². The molecule has 3 N–H and O–H groups in total. The number of aromatic nitrogens is 5. The topological polar surface area (TPSA) is 118 Å². The third-order valence-corrected chi connectivity index (χ3v) is 9.51. The van der Waals surface area contributed by atoms with Crippen molar-refractivity contribution in [3.05, 3.63) is 47.2 Å². The number of carbonyl (C=O) groups excluding carboxylic acids is 2. The predicted molar refractivity (Wildman–Crippen MR) is 165 cm³/mol. The lowest BCUT2D eigenvalue weighted by Crippen LogP contribution is -2.53. The Bertz CT molecular complexity index is 1400. The number of pyridine rings is 1. The lowest BCUT2D eigenvalue weighted by Gasteiger charge is -2.42. The second-order valence-electron chi connectivity index (χ2n) is 12.8. The van der Waals surface area contributed by atoms with E-state index in [2.05, 4.69) is 30.9 Å². The molecular formula is C33H45F2N7O2. The van der Waals surface area contributed by atoms with Gasteiger partial charge < -0.3 is 10.6 Å².